The number of guanidine groups is 1. The second-order valence-electron chi connectivity index (χ2n) is 8.34. The van der Waals surface area contributed by atoms with Crippen molar-refractivity contribution in [2.75, 3.05) is 47.4 Å². The summed E-state index contributed by atoms with van der Waals surface area (Å²) in [5.74, 6) is 1.56. The zero-order chi connectivity index (χ0) is 21.2. The molecule has 0 aliphatic carbocycles. The fourth-order valence-corrected chi connectivity index (χ4v) is 3.94. The van der Waals surface area contributed by atoms with Gasteiger partial charge in [0.1, 0.15) is 0 Å². The topological polar surface area (TPSA) is 40.1 Å². The zero-order valence-electron chi connectivity index (χ0n) is 19.0. The van der Waals surface area contributed by atoms with Crippen molar-refractivity contribution in [3.05, 3.63) is 71.8 Å². The number of benzene rings is 2. The van der Waals surface area contributed by atoms with Crippen molar-refractivity contribution in [2.24, 2.45) is 10.9 Å². The van der Waals surface area contributed by atoms with E-state index in [1.165, 1.54) is 11.1 Å². The van der Waals surface area contributed by atoms with E-state index in [1.807, 2.05) is 13.1 Å². The van der Waals surface area contributed by atoms with Crippen LogP contribution in [0.1, 0.15) is 17.5 Å². The SMILES string of the molecule is CN=C(NCC(Cc1ccccc1)N(C)C)N1CCC(COCc2ccccc2)C1.I. The number of likely N-dealkylation sites (tertiary alicyclic amines) is 1. The maximum atomic E-state index is 5.97. The standard InChI is InChI=1S/C25H36N4O.HI/c1-26-25(27-17-24(28(2)3)16-21-10-6-4-7-11-21)29-15-14-23(18-29)20-30-19-22-12-8-5-9-13-22;/h4-13,23-24H,14-20H2,1-3H3,(H,26,27);1H. The Bertz CT molecular complexity index is 770. The van der Waals surface area contributed by atoms with Crippen molar-refractivity contribution in [3.8, 4) is 0 Å². The Balaban J connectivity index is 0.00000341. The van der Waals surface area contributed by atoms with Gasteiger partial charge in [-0.25, -0.2) is 0 Å². The van der Waals surface area contributed by atoms with Gasteiger partial charge in [-0.3, -0.25) is 4.99 Å². The summed E-state index contributed by atoms with van der Waals surface area (Å²) in [6.45, 7) is 4.40. The quantitative estimate of drug-likeness (QED) is 0.300. The lowest BCUT2D eigenvalue weighted by molar-refractivity contribution is 0.0906. The van der Waals surface area contributed by atoms with Crippen LogP contribution >= 0.6 is 24.0 Å². The van der Waals surface area contributed by atoms with Gasteiger partial charge in [0.15, 0.2) is 5.96 Å². The van der Waals surface area contributed by atoms with E-state index in [0.717, 1.165) is 45.0 Å². The Morgan fingerprint density at radius 3 is 2.35 bits per heavy atom. The normalized spacial score (nSPS) is 17.5. The van der Waals surface area contributed by atoms with Gasteiger partial charge in [0.2, 0.25) is 0 Å². The van der Waals surface area contributed by atoms with E-state index in [1.54, 1.807) is 0 Å². The molecule has 2 atom stereocenters. The molecule has 1 saturated heterocycles. The van der Waals surface area contributed by atoms with Crippen LogP contribution < -0.4 is 5.32 Å². The van der Waals surface area contributed by atoms with Gasteiger partial charge >= 0.3 is 0 Å². The van der Waals surface area contributed by atoms with Gasteiger partial charge in [-0.15, -0.1) is 24.0 Å². The summed E-state index contributed by atoms with van der Waals surface area (Å²) in [6.07, 6.45) is 2.17. The Hall–Kier alpha value is -1.64. The smallest absolute Gasteiger partial charge is 0.193 e. The third-order valence-electron chi connectivity index (χ3n) is 5.80. The third kappa shape index (κ3) is 8.43. The van der Waals surface area contributed by atoms with Crippen LogP contribution in [0.3, 0.4) is 0 Å². The van der Waals surface area contributed by atoms with Gasteiger partial charge in [0.25, 0.3) is 0 Å². The van der Waals surface area contributed by atoms with Crippen molar-refractivity contribution < 1.29 is 4.74 Å². The molecule has 3 rings (SSSR count). The summed E-state index contributed by atoms with van der Waals surface area (Å²) in [5.41, 5.74) is 2.60. The van der Waals surface area contributed by atoms with Crippen LogP contribution in [0, 0.1) is 5.92 Å². The highest BCUT2D eigenvalue weighted by Crippen LogP contribution is 2.17. The Morgan fingerprint density at radius 1 is 1.10 bits per heavy atom. The molecule has 2 unspecified atom stereocenters. The second-order valence-corrected chi connectivity index (χ2v) is 8.34. The van der Waals surface area contributed by atoms with Gasteiger partial charge in [-0.05, 0) is 38.1 Å². The molecular weight excluding hydrogens is 499 g/mol. The van der Waals surface area contributed by atoms with Crippen LogP contribution in [0.5, 0.6) is 0 Å². The minimum absolute atomic E-state index is 0. The highest BCUT2D eigenvalue weighted by Gasteiger charge is 2.25. The Kier molecular flexibility index (Phi) is 11.3. The molecule has 0 saturated carbocycles. The van der Waals surface area contributed by atoms with Crippen LogP contribution in [-0.4, -0.2) is 69.2 Å². The van der Waals surface area contributed by atoms with Crippen LogP contribution in [0.2, 0.25) is 0 Å². The summed E-state index contributed by atoms with van der Waals surface area (Å²) >= 11 is 0. The van der Waals surface area contributed by atoms with Gasteiger partial charge in [0, 0.05) is 38.6 Å². The van der Waals surface area contributed by atoms with Gasteiger partial charge in [-0.1, -0.05) is 60.7 Å². The van der Waals surface area contributed by atoms with E-state index in [9.17, 15) is 0 Å². The first kappa shape index (κ1) is 25.6. The largest absolute Gasteiger partial charge is 0.376 e. The fourth-order valence-electron chi connectivity index (χ4n) is 3.94. The van der Waals surface area contributed by atoms with Crippen LogP contribution in [0.25, 0.3) is 0 Å². The molecule has 0 aromatic heterocycles. The number of nitrogens with one attached hydrogen (secondary N) is 1. The maximum absolute atomic E-state index is 5.97. The van der Waals surface area contributed by atoms with E-state index < -0.39 is 0 Å². The van der Waals surface area contributed by atoms with E-state index in [0.29, 0.717) is 18.6 Å². The molecule has 1 aliphatic heterocycles. The summed E-state index contributed by atoms with van der Waals surface area (Å²) < 4.78 is 5.97. The van der Waals surface area contributed by atoms with E-state index in [2.05, 4.69) is 88.8 Å². The summed E-state index contributed by atoms with van der Waals surface area (Å²) in [4.78, 5) is 9.20. The molecule has 170 valence electrons. The van der Waals surface area contributed by atoms with Gasteiger partial charge in [-0.2, -0.15) is 0 Å². The third-order valence-corrected chi connectivity index (χ3v) is 5.80. The van der Waals surface area contributed by atoms with Crippen LogP contribution in [0.4, 0.5) is 0 Å². The first-order valence-electron chi connectivity index (χ1n) is 10.9. The number of hydrogen-bond acceptors (Lipinski definition) is 3. The molecule has 5 nitrogen and oxygen atoms in total. The fraction of sp³-hybridized carbons (Fsp3) is 0.480. The Labute approximate surface area is 204 Å². The molecule has 1 N–H and O–H groups in total. The number of hydrogen-bond donors (Lipinski definition) is 1. The molecule has 2 aromatic rings. The molecule has 0 bridgehead atoms. The average Bonchev–Trinajstić information content (AvgIpc) is 3.23. The van der Waals surface area contributed by atoms with Crippen molar-refractivity contribution in [2.45, 2.75) is 25.5 Å². The lowest BCUT2D eigenvalue weighted by Crippen LogP contribution is -2.47. The molecule has 0 radical (unpaired) electrons. The molecule has 0 spiro atoms. The molecule has 6 heteroatoms. The lowest BCUT2D eigenvalue weighted by Gasteiger charge is -2.28. The molecule has 1 heterocycles. The number of nitrogens with zero attached hydrogens (tertiary/aromatic N) is 3. The van der Waals surface area contributed by atoms with Crippen LogP contribution in [-0.2, 0) is 17.8 Å². The number of likely N-dealkylation sites (N-methyl/N-ethyl adjacent to an activating group) is 1. The van der Waals surface area contributed by atoms with Crippen molar-refractivity contribution in [3.63, 3.8) is 0 Å². The molecule has 1 fully saturated rings. The minimum Gasteiger partial charge on any atom is -0.376 e. The van der Waals surface area contributed by atoms with Crippen molar-refractivity contribution in [1.82, 2.24) is 15.1 Å². The van der Waals surface area contributed by atoms with Gasteiger partial charge in [0.05, 0.1) is 13.2 Å². The number of aliphatic imine (C=N–C) groups is 1. The number of halogens is 1. The number of rotatable bonds is 9. The van der Waals surface area contributed by atoms with E-state index in [-0.39, 0.29) is 24.0 Å². The first-order chi connectivity index (χ1) is 14.7. The van der Waals surface area contributed by atoms with E-state index in [4.69, 9.17) is 4.74 Å². The van der Waals surface area contributed by atoms with E-state index >= 15 is 0 Å². The summed E-state index contributed by atoms with van der Waals surface area (Å²) in [7, 11) is 6.17. The predicted molar refractivity (Wildman–Crippen MR) is 140 cm³/mol. The second kappa shape index (κ2) is 13.7. The first-order valence-corrected chi connectivity index (χ1v) is 10.9. The molecule has 2 aromatic carbocycles. The monoisotopic (exact) mass is 536 g/mol. The molecule has 0 amide bonds. The Morgan fingerprint density at radius 2 is 1.74 bits per heavy atom. The van der Waals surface area contributed by atoms with Gasteiger partial charge < -0.3 is 19.9 Å². The highest BCUT2D eigenvalue weighted by molar-refractivity contribution is 14.0. The number of ether oxygens (including phenoxy) is 1. The molecule has 31 heavy (non-hydrogen) atoms. The average molecular weight is 537 g/mol. The lowest BCUT2D eigenvalue weighted by atomic mass is 10.1. The molecule has 1 aliphatic rings. The predicted octanol–water partition coefficient (Wildman–Crippen LogP) is 3.89. The van der Waals surface area contributed by atoms with Crippen molar-refractivity contribution in [1.29, 1.82) is 0 Å². The minimum atomic E-state index is 0. The van der Waals surface area contributed by atoms with Crippen LogP contribution in [0.15, 0.2) is 65.7 Å². The molecular formula is C25H37IN4O. The summed E-state index contributed by atoms with van der Waals surface area (Å²) in [6, 6.07) is 21.5. The van der Waals surface area contributed by atoms with Crippen molar-refractivity contribution >= 4 is 29.9 Å². The zero-order valence-corrected chi connectivity index (χ0v) is 21.4. The highest BCUT2D eigenvalue weighted by atomic mass is 127. The summed E-state index contributed by atoms with van der Waals surface area (Å²) in [5, 5.41) is 3.61. The maximum Gasteiger partial charge on any atom is 0.193 e.